The summed E-state index contributed by atoms with van der Waals surface area (Å²) in [6.07, 6.45) is 1.86. The van der Waals surface area contributed by atoms with Crippen LogP contribution in [0.3, 0.4) is 0 Å². The van der Waals surface area contributed by atoms with Gasteiger partial charge in [-0.25, -0.2) is 0 Å². The summed E-state index contributed by atoms with van der Waals surface area (Å²) in [5.41, 5.74) is 0.616. The highest BCUT2D eigenvalue weighted by Crippen LogP contribution is 2.22. The summed E-state index contributed by atoms with van der Waals surface area (Å²) < 4.78 is 16.8. The molecule has 0 radical (unpaired) electrons. The first-order valence-corrected chi connectivity index (χ1v) is 8.99. The Balaban J connectivity index is 1.40. The Morgan fingerprint density at radius 1 is 1.00 bits per heavy atom. The number of hydrogen-bond donors (Lipinski definition) is 0. The van der Waals surface area contributed by atoms with Gasteiger partial charge in [-0.15, -0.1) is 0 Å². The highest BCUT2D eigenvalue weighted by atomic mass is 16.5. The quantitative estimate of drug-likeness (QED) is 0.714. The summed E-state index contributed by atoms with van der Waals surface area (Å²) in [6.45, 7) is 2.48. The number of hydrogen-bond acceptors (Lipinski definition) is 4. The fraction of sp³-hybridized carbons (Fsp3) is 0.381. The zero-order valence-electron chi connectivity index (χ0n) is 15.1. The summed E-state index contributed by atoms with van der Waals surface area (Å²) in [4.78, 5) is 14.6. The molecule has 1 aliphatic rings. The van der Waals surface area contributed by atoms with Crippen LogP contribution in [-0.2, 0) is 4.74 Å². The van der Waals surface area contributed by atoms with Gasteiger partial charge in [0, 0.05) is 13.1 Å². The Morgan fingerprint density at radius 3 is 2.42 bits per heavy atom. The summed E-state index contributed by atoms with van der Waals surface area (Å²) >= 11 is 0. The highest BCUT2D eigenvalue weighted by Gasteiger charge is 2.25. The molecule has 0 bridgehead atoms. The molecule has 1 heterocycles. The van der Waals surface area contributed by atoms with Crippen LogP contribution in [0.1, 0.15) is 23.2 Å². The van der Waals surface area contributed by atoms with Gasteiger partial charge in [-0.2, -0.15) is 0 Å². The molecule has 26 heavy (non-hydrogen) atoms. The monoisotopic (exact) mass is 355 g/mol. The van der Waals surface area contributed by atoms with Crippen molar-refractivity contribution in [2.24, 2.45) is 0 Å². The molecule has 2 aromatic rings. The van der Waals surface area contributed by atoms with Crippen LogP contribution < -0.4 is 9.47 Å². The van der Waals surface area contributed by atoms with Gasteiger partial charge in [0.1, 0.15) is 18.1 Å². The number of carbonyl (C=O) groups is 1. The van der Waals surface area contributed by atoms with Crippen molar-refractivity contribution in [2.45, 2.75) is 18.9 Å². The first-order chi connectivity index (χ1) is 12.8. The number of benzene rings is 2. The first kappa shape index (κ1) is 18.3. The summed E-state index contributed by atoms with van der Waals surface area (Å²) in [6, 6.07) is 17.1. The SMILES string of the molecule is COc1ccccc1C(=O)N1CCC(OCCOc2ccccc2)CC1. The summed E-state index contributed by atoms with van der Waals surface area (Å²) in [5.74, 6) is 1.50. The van der Waals surface area contributed by atoms with Crippen LogP contribution in [-0.4, -0.2) is 50.3 Å². The van der Waals surface area contributed by atoms with Crippen LogP contribution in [0.2, 0.25) is 0 Å². The second kappa shape index (κ2) is 9.25. The largest absolute Gasteiger partial charge is 0.496 e. The van der Waals surface area contributed by atoms with Crippen LogP contribution in [0, 0.1) is 0 Å². The maximum absolute atomic E-state index is 12.7. The lowest BCUT2D eigenvalue weighted by atomic mass is 10.1. The lowest BCUT2D eigenvalue weighted by Gasteiger charge is -2.32. The molecule has 0 aromatic heterocycles. The van der Waals surface area contributed by atoms with Crippen LogP contribution in [0.4, 0.5) is 0 Å². The number of carbonyl (C=O) groups excluding carboxylic acids is 1. The van der Waals surface area contributed by atoms with Crippen LogP contribution in [0.25, 0.3) is 0 Å². The van der Waals surface area contributed by atoms with Crippen molar-refractivity contribution < 1.29 is 19.0 Å². The minimum absolute atomic E-state index is 0.0216. The van der Waals surface area contributed by atoms with Gasteiger partial charge in [0.05, 0.1) is 25.4 Å². The van der Waals surface area contributed by atoms with E-state index < -0.39 is 0 Å². The molecule has 2 aromatic carbocycles. The highest BCUT2D eigenvalue weighted by molar-refractivity contribution is 5.97. The molecular weight excluding hydrogens is 330 g/mol. The Bertz CT molecular complexity index is 696. The van der Waals surface area contributed by atoms with Gasteiger partial charge in [-0.05, 0) is 37.1 Å². The van der Waals surface area contributed by atoms with Crippen molar-refractivity contribution in [3.63, 3.8) is 0 Å². The Morgan fingerprint density at radius 2 is 1.69 bits per heavy atom. The standard InChI is InChI=1S/C21H25NO4/c1-24-20-10-6-5-9-19(20)21(23)22-13-11-18(12-14-22)26-16-15-25-17-7-3-2-4-8-17/h2-10,18H,11-16H2,1H3. The normalized spacial score (nSPS) is 14.9. The smallest absolute Gasteiger partial charge is 0.257 e. The van der Waals surface area contributed by atoms with E-state index in [-0.39, 0.29) is 12.0 Å². The van der Waals surface area contributed by atoms with E-state index in [4.69, 9.17) is 14.2 Å². The fourth-order valence-corrected chi connectivity index (χ4v) is 3.11. The number of amides is 1. The van der Waals surface area contributed by atoms with Crippen molar-refractivity contribution in [1.29, 1.82) is 0 Å². The summed E-state index contributed by atoms with van der Waals surface area (Å²) in [7, 11) is 1.59. The lowest BCUT2D eigenvalue weighted by molar-refractivity contribution is -0.00243. The van der Waals surface area contributed by atoms with Gasteiger partial charge in [-0.1, -0.05) is 30.3 Å². The van der Waals surface area contributed by atoms with Gasteiger partial charge in [0.15, 0.2) is 0 Å². The van der Waals surface area contributed by atoms with Crippen molar-refractivity contribution in [2.75, 3.05) is 33.4 Å². The topological polar surface area (TPSA) is 48.0 Å². The zero-order valence-corrected chi connectivity index (χ0v) is 15.1. The van der Waals surface area contributed by atoms with E-state index >= 15 is 0 Å². The Labute approximate surface area is 154 Å². The van der Waals surface area contributed by atoms with E-state index in [0.29, 0.717) is 37.6 Å². The average molecular weight is 355 g/mol. The number of likely N-dealkylation sites (tertiary alicyclic amines) is 1. The Hall–Kier alpha value is -2.53. The van der Waals surface area contributed by atoms with E-state index in [1.54, 1.807) is 7.11 Å². The lowest BCUT2D eigenvalue weighted by Crippen LogP contribution is -2.41. The minimum atomic E-state index is 0.0216. The molecule has 1 fully saturated rings. The third-order valence-electron chi connectivity index (χ3n) is 4.52. The van der Waals surface area contributed by atoms with E-state index in [1.807, 2.05) is 59.5 Å². The molecule has 0 unspecified atom stereocenters. The number of ether oxygens (including phenoxy) is 3. The molecule has 5 nitrogen and oxygen atoms in total. The molecular formula is C21H25NO4. The van der Waals surface area contributed by atoms with Crippen molar-refractivity contribution in [3.8, 4) is 11.5 Å². The van der Waals surface area contributed by atoms with E-state index in [9.17, 15) is 4.79 Å². The first-order valence-electron chi connectivity index (χ1n) is 8.99. The predicted molar refractivity (Wildman–Crippen MR) is 99.8 cm³/mol. The zero-order chi connectivity index (χ0) is 18.2. The van der Waals surface area contributed by atoms with Crippen molar-refractivity contribution in [1.82, 2.24) is 4.90 Å². The molecule has 0 spiro atoms. The van der Waals surface area contributed by atoms with Crippen LogP contribution >= 0.6 is 0 Å². The molecule has 0 N–H and O–H groups in total. The minimum Gasteiger partial charge on any atom is -0.496 e. The second-order valence-corrected chi connectivity index (χ2v) is 6.22. The molecule has 0 saturated carbocycles. The summed E-state index contributed by atoms with van der Waals surface area (Å²) in [5, 5.41) is 0. The molecule has 5 heteroatoms. The molecule has 1 saturated heterocycles. The molecule has 0 aliphatic carbocycles. The molecule has 1 amide bonds. The molecule has 1 aliphatic heterocycles. The van der Waals surface area contributed by atoms with Gasteiger partial charge in [0.2, 0.25) is 0 Å². The van der Waals surface area contributed by atoms with Crippen LogP contribution in [0.5, 0.6) is 11.5 Å². The second-order valence-electron chi connectivity index (χ2n) is 6.22. The fourth-order valence-electron chi connectivity index (χ4n) is 3.11. The van der Waals surface area contributed by atoms with E-state index in [1.165, 1.54) is 0 Å². The van der Waals surface area contributed by atoms with Gasteiger partial charge in [-0.3, -0.25) is 4.79 Å². The molecule has 0 atom stereocenters. The van der Waals surface area contributed by atoms with E-state index in [2.05, 4.69) is 0 Å². The number of rotatable bonds is 7. The average Bonchev–Trinajstić information content (AvgIpc) is 2.72. The number of para-hydroxylation sites is 2. The number of methoxy groups -OCH3 is 1. The third-order valence-corrected chi connectivity index (χ3v) is 4.52. The van der Waals surface area contributed by atoms with E-state index in [0.717, 1.165) is 18.6 Å². The maximum Gasteiger partial charge on any atom is 0.257 e. The predicted octanol–water partition coefficient (Wildman–Crippen LogP) is 3.40. The maximum atomic E-state index is 12.7. The van der Waals surface area contributed by atoms with Crippen LogP contribution in [0.15, 0.2) is 54.6 Å². The molecule has 138 valence electrons. The van der Waals surface area contributed by atoms with Gasteiger partial charge < -0.3 is 19.1 Å². The Kier molecular flexibility index (Phi) is 6.50. The molecule has 3 rings (SSSR count). The van der Waals surface area contributed by atoms with Gasteiger partial charge in [0.25, 0.3) is 5.91 Å². The van der Waals surface area contributed by atoms with Gasteiger partial charge >= 0.3 is 0 Å². The number of piperidine rings is 1. The third kappa shape index (κ3) is 4.76. The van der Waals surface area contributed by atoms with Crippen molar-refractivity contribution >= 4 is 5.91 Å². The van der Waals surface area contributed by atoms with Crippen molar-refractivity contribution in [3.05, 3.63) is 60.2 Å². The number of nitrogens with zero attached hydrogens (tertiary/aromatic N) is 1.